The number of hydrogen-bond acceptors (Lipinski definition) is 2. The van der Waals surface area contributed by atoms with Crippen LogP contribution in [-0.4, -0.2) is 17.3 Å². The van der Waals surface area contributed by atoms with Gasteiger partial charge in [0.1, 0.15) is 0 Å². The van der Waals surface area contributed by atoms with Crippen LogP contribution in [0.3, 0.4) is 0 Å². The van der Waals surface area contributed by atoms with E-state index in [9.17, 15) is 5.11 Å². The zero-order chi connectivity index (χ0) is 7.78. The maximum absolute atomic E-state index is 9.50. The van der Waals surface area contributed by atoms with Crippen LogP contribution in [0.1, 0.15) is 33.1 Å². The Hall–Kier alpha value is -0.0800. The largest absolute Gasteiger partial charge is 0.393 e. The molecule has 0 unspecified atom stereocenters. The Morgan fingerprint density at radius 1 is 1.40 bits per heavy atom. The van der Waals surface area contributed by atoms with E-state index in [1.807, 2.05) is 0 Å². The highest BCUT2D eigenvalue weighted by Gasteiger charge is 2.33. The van der Waals surface area contributed by atoms with E-state index >= 15 is 0 Å². The molecule has 0 saturated heterocycles. The summed E-state index contributed by atoms with van der Waals surface area (Å²) in [5.41, 5.74) is 5.80. The lowest BCUT2D eigenvalue weighted by molar-refractivity contribution is 0.00674. The van der Waals surface area contributed by atoms with Gasteiger partial charge >= 0.3 is 0 Å². The first kappa shape index (κ1) is 8.02. The minimum Gasteiger partial charge on any atom is -0.393 e. The van der Waals surface area contributed by atoms with Crippen LogP contribution in [0.25, 0.3) is 0 Å². The molecular weight excluding hydrogens is 126 g/mol. The van der Waals surface area contributed by atoms with Gasteiger partial charge in [-0.1, -0.05) is 13.8 Å². The highest BCUT2D eigenvalue weighted by atomic mass is 16.3. The predicted molar refractivity (Wildman–Crippen MR) is 41.6 cm³/mol. The standard InChI is InChI=1S/C8H17NO/c1-8(2)5-6(9)3-4-7(8)10/h6-7,10H,3-5,9H2,1-2H3/t6-,7+/m0/s1. The minimum atomic E-state index is -0.146. The van der Waals surface area contributed by atoms with Crippen molar-refractivity contribution in [2.24, 2.45) is 11.1 Å². The van der Waals surface area contributed by atoms with E-state index in [2.05, 4.69) is 13.8 Å². The number of aliphatic hydroxyl groups excluding tert-OH is 1. The average Bonchev–Trinajstić information content (AvgIpc) is 1.78. The molecular formula is C8H17NO. The maximum atomic E-state index is 9.50. The van der Waals surface area contributed by atoms with E-state index in [0.717, 1.165) is 19.3 Å². The van der Waals surface area contributed by atoms with Gasteiger partial charge in [0, 0.05) is 6.04 Å². The molecule has 0 aromatic carbocycles. The third kappa shape index (κ3) is 1.50. The van der Waals surface area contributed by atoms with Crippen LogP contribution in [-0.2, 0) is 0 Å². The third-order valence-corrected chi connectivity index (χ3v) is 2.50. The zero-order valence-electron chi connectivity index (χ0n) is 6.80. The van der Waals surface area contributed by atoms with Crippen LogP contribution in [0.5, 0.6) is 0 Å². The molecule has 0 radical (unpaired) electrons. The fourth-order valence-electron chi connectivity index (χ4n) is 1.68. The van der Waals surface area contributed by atoms with Gasteiger partial charge < -0.3 is 10.8 Å². The molecule has 2 heteroatoms. The number of hydrogen-bond donors (Lipinski definition) is 2. The molecule has 10 heavy (non-hydrogen) atoms. The van der Waals surface area contributed by atoms with Crippen LogP contribution in [0, 0.1) is 5.41 Å². The van der Waals surface area contributed by atoms with Crippen LogP contribution >= 0.6 is 0 Å². The molecule has 1 saturated carbocycles. The molecule has 2 nitrogen and oxygen atoms in total. The Bertz CT molecular complexity index is 122. The van der Waals surface area contributed by atoms with E-state index in [4.69, 9.17) is 5.73 Å². The molecule has 3 N–H and O–H groups in total. The van der Waals surface area contributed by atoms with Gasteiger partial charge in [-0.05, 0) is 24.7 Å². The molecule has 2 atom stereocenters. The van der Waals surface area contributed by atoms with Crippen molar-refractivity contribution in [3.63, 3.8) is 0 Å². The molecule has 0 bridgehead atoms. The van der Waals surface area contributed by atoms with E-state index in [1.54, 1.807) is 0 Å². The summed E-state index contributed by atoms with van der Waals surface area (Å²) in [6, 6.07) is 0.304. The third-order valence-electron chi connectivity index (χ3n) is 2.50. The summed E-state index contributed by atoms with van der Waals surface area (Å²) in [5.74, 6) is 0. The molecule has 0 amide bonds. The first-order valence-corrected chi connectivity index (χ1v) is 3.96. The van der Waals surface area contributed by atoms with Gasteiger partial charge in [0.25, 0.3) is 0 Å². The molecule has 1 aliphatic rings. The summed E-state index contributed by atoms with van der Waals surface area (Å²) in [6.45, 7) is 4.16. The molecule has 0 spiro atoms. The van der Waals surface area contributed by atoms with Crippen LogP contribution in [0.15, 0.2) is 0 Å². The van der Waals surface area contributed by atoms with Crippen molar-refractivity contribution in [1.82, 2.24) is 0 Å². The van der Waals surface area contributed by atoms with Gasteiger partial charge in [-0.2, -0.15) is 0 Å². The fraction of sp³-hybridized carbons (Fsp3) is 1.00. The second kappa shape index (κ2) is 2.51. The SMILES string of the molecule is CC1(C)C[C@@H](N)CC[C@H]1O. The molecule has 1 fully saturated rings. The molecule has 60 valence electrons. The second-order valence-electron chi connectivity index (χ2n) is 4.05. The van der Waals surface area contributed by atoms with E-state index in [1.165, 1.54) is 0 Å². The number of aliphatic hydroxyl groups is 1. The highest BCUT2D eigenvalue weighted by Crippen LogP contribution is 2.34. The molecule has 0 aliphatic heterocycles. The summed E-state index contributed by atoms with van der Waals surface area (Å²) in [4.78, 5) is 0. The van der Waals surface area contributed by atoms with E-state index in [-0.39, 0.29) is 11.5 Å². The Kier molecular flexibility index (Phi) is 2.02. The van der Waals surface area contributed by atoms with Crippen LogP contribution < -0.4 is 5.73 Å². The monoisotopic (exact) mass is 143 g/mol. The van der Waals surface area contributed by atoms with Gasteiger partial charge in [0.2, 0.25) is 0 Å². The lowest BCUT2D eigenvalue weighted by atomic mass is 9.73. The summed E-state index contributed by atoms with van der Waals surface area (Å²) < 4.78 is 0. The summed E-state index contributed by atoms with van der Waals surface area (Å²) >= 11 is 0. The van der Waals surface area contributed by atoms with Crippen molar-refractivity contribution < 1.29 is 5.11 Å². The topological polar surface area (TPSA) is 46.2 Å². The van der Waals surface area contributed by atoms with Crippen molar-refractivity contribution in [2.45, 2.75) is 45.3 Å². The average molecular weight is 143 g/mol. The lowest BCUT2D eigenvalue weighted by Gasteiger charge is -2.38. The summed E-state index contributed by atoms with van der Waals surface area (Å²) in [6.07, 6.45) is 2.65. The van der Waals surface area contributed by atoms with Crippen LogP contribution in [0.4, 0.5) is 0 Å². The van der Waals surface area contributed by atoms with Gasteiger partial charge in [0.15, 0.2) is 0 Å². The van der Waals surface area contributed by atoms with E-state index in [0.29, 0.717) is 6.04 Å². The Morgan fingerprint density at radius 2 is 2.00 bits per heavy atom. The molecule has 1 rings (SSSR count). The first-order valence-electron chi connectivity index (χ1n) is 3.96. The Balaban J connectivity index is 2.55. The van der Waals surface area contributed by atoms with E-state index < -0.39 is 0 Å². The zero-order valence-corrected chi connectivity index (χ0v) is 6.80. The number of nitrogens with two attached hydrogens (primary N) is 1. The fourth-order valence-corrected chi connectivity index (χ4v) is 1.68. The normalized spacial score (nSPS) is 39.6. The number of rotatable bonds is 0. The Labute approximate surface area is 62.4 Å². The van der Waals surface area contributed by atoms with Gasteiger partial charge in [-0.15, -0.1) is 0 Å². The molecule has 0 aromatic heterocycles. The van der Waals surface area contributed by atoms with Crippen LogP contribution in [0.2, 0.25) is 0 Å². The lowest BCUT2D eigenvalue weighted by Crippen LogP contribution is -2.41. The van der Waals surface area contributed by atoms with Gasteiger partial charge in [-0.25, -0.2) is 0 Å². The minimum absolute atomic E-state index is 0.0394. The maximum Gasteiger partial charge on any atom is 0.0592 e. The van der Waals surface area contributed by atoms with Crippen molar-refractivity contribution in [1.29, 1.82) is 0 Å². The van der Waals surface area contributed by atoms with Crippen molar-refractivity contribution in [3.8, 4) is 0 Å². The smallest absolute Gasteiger partial charge is 0.0592 e. The first-order chi connectivity index (χ1) is 4.52. The summed E-state index contributed by atoms with van der Waals surface area (Å²) in [5, 5.41) is 9.50. The Morgan fingerprint density at radius 3 is 2.40 bits per heavy atom. The van der Waals surface area contributed by atoms with Crippen molar-refractivity contribution in [3.05, 3.63) is 0 Å². The van der Waals surface area contributed by atoms with Gasteiger partial charge in [0.05, 0.1) is 6.10 Å². The van der Waals surface area contributed by atoms with Gasteiger partial charge in [-0.3, -0.25) is 0 Å². The molecule has 0 heterocycles. The molecule has 1 aliphatic carbocycles. The second-order valence-corrected chi connectivity index (χ2v) is 4.05. The molecule has 0 aromatic rings. The van der Waals surface area contributed by atoms with Crippen molar-refractivity contribution >= 4 is 0 Å². The summed E-state index contributed by atoms with van der Waals surface area (Å²) in [7, 11) is 0. The van der Waals surface area contributed by atoms with Crippen molar-refractivity contribution in [2.75, 3.05) is 0 Å². The quantitative estimate of drug-likeness (QED) is 0.529. The predicted octanol–water partition coefficient (Wildman–Crippen LogP) is 0.885. The highest BCUT2D eigenvalue weighted by molar-refractivity contribution is 4.87.